The molecule has 4 nitrogen and oxygen atoms in total. The van der Waals surface area contributed by atoms with E-state index in [9.17, 15) is 0 Å². The summed E-state index contributed by atoms with van der Waals surface area (Å²) in [5, 5.41) is 0. The van der Waals surface area contributed by atoms with E-state index in [1.54, 1.807) is 0 Å². The van der Waals surface area contributed by atoms with E-state index < -0.39 is 11.6 Å². The quantitative estimate of drug-likeness (QED) is 0.440. The fourth-order valence-corrected chi connectivity index (χ4v) is 6.64. The fraction of sp³-hybridized carbons (Fsp3) is 1.00. The van der Waals surface area contributed by atoms with Gasteiger partial charge in [-0.05, 0) is 35.5 Å². The van der Waals surface area contributed by atoms with E-state index in [-0.39, 0.29) is 22.7 Å². The Balaban J connectivity index is 1.98. The lowest BCUT2D eigenvalue weighted by molar-refractivity contribution is -0.706. The first-order valence-corrected chi connectivity index (χ1v) is 11.4. The predicted octanol–water partition coefficient (Wildman–Crippen LogP) is 6.46. The molecule has 164 valence electrons. The van der Waals surface area contributed by atoms with Gasteiger partial charge < -0.3 is 0 Å². The van der Waals surface area contributed by atoms with Crippen molar-refractivity contribution >= 4 is 0 Å². The van der Waals surface area contributed by atoms with Crippen LogP contribution in [0, 0.1) is 58.2 Å². The van der Waals surface area contributed by atoms with Gasteiger partial charge in [-0.15, -0.1) is 0 Å². The van der Waals surface area contributed by atoms with Crippen LogP contribution >= 0.6 is 0 Å². The van der Waals surface area contributed by atoms with E-state index >= 15 is 0 Å². The molecule has 0 amide bonds. The summed E-state index contributed by atoms with van der Waals surface area (Å²) in [6.45, 7) is 27.2. The normalized spacial score (nSPS) is 56.1. The first-order chi connectivity index (χ1) is 12.7. The highest BCUT2D eigenvalue weighted by Gasteiger charge is 2.71. The zero-order valence-corrected chi connectivity index (χ0v) is 20.3. The second-order valence-electron chi connectivity index (χ2n) is 11.7. The van der Waals surface area contributed by atoms with Crippen LogP contribution in [-0.4, -0.2) is 11.6 Å². The topological polar surface area (TPSA) is 36.9 Å². The Kier molecular flexibility index (Phi) is 5.36. The van der Waals surface area contributed by atoms with Crippen molar-refractivity contribution in [1.82, 2.24) is 0 Å². The molecule has 8 unspecified atom stereocenters. The largest absolute Gasteiger partial charge is 0.242 e. The van der Waals surface area contributed by atoms with Crippen LogP contribution < -0.4 is 0 Å². The van der Waals surface area contributed by atoms with Crippen molar-refractivity contribution < 1.29 is 19.6 Å². The second-order valence-corrected chi connectivity index (χ2v) is 11.7. The molecular formula is C24H44O4. The number of hydrogen-bond donors (Lipinski definition) is 0. The Labute approximate surface area is 172 Å². The summed E-state index contributed by atoms with van der Waals surface area (Å²) in [5.74, 6) is 1.35. The van der Waals surface area contributed by atoms with Gasteiger partial charge in [0, 0.05) is 22.7 Å². The minimum absolute atomic E-state index is 0.154. The van der Waals surface area contributed by atoms with E-state index in [1.807, 2.05) is 0 Å². The smallest absolute Gasteiger partial charge is 0.194 e. The van der Waals surface area contributed by atoms with Crippen LogP contribution in [0.15, 0.2) is 0 Å². The van der Waals surface area contributed by atoms with Gasteiger partial charge in [-0.3, -0.25) is 0 Å². The van der Waals surface area contributed by atoms with Crippen LogP contribution in [0.2, 0.25) is 0 Å². The highest BCUT2D eigenvalue weighted by molar-refractivity contribution is 5.06. The van der Waals surface area contributed by atoms with E-state index in [1.165, 1.54) is 0 Å². The van der Waals surface area contributed by atoms with Crippen molar-refractivity contribution in [1.29, 1.82) is 0 Å². The molecule has 4 heteroatoms. The average Bonchev–Trinajstić information content (AvgIpc) is 2.67. The van der Waals surface area contributed by atoms with Crippen LogP contribution in [-0.2, 0) is 19.6 Å². The molecule has 1 heterocycles. The molecule has 28 heavy (non-hydrogen) atoms. The Morgan fingerprint density at radius 1 is 0.393 bits per heavy atom. The molecule has 0 aromatic heterocycles. The Morgan fingerprint density at radius 3 is 0.857 bits per heavy atom. The maximum atomic E-state index is 6.41. The van der Waals surface area contributed by atoms with Gasteiger partial charge in [-0.2, -0.15) is 19.6 Å². The third-order valence-electron chi connectivity index (χ3n) is 10.7. The minimum Gasteiger partial charge on any atom is -0.194 e. The van der Waals surface area contributed by atoms with Gasteiger partial charge in [0.05, 0.1) is 0 Å². The molecule has 8 atom stereocenters. The van der Waals surface area contributed by atoms with Crippen molar-refractivity contribution in [3.05, 3.63) is 0 Å². The maximum absolute atomic E-state index is 6.41. The van der Waals surface area contributed by atoms with Gasteiger partial charge in [0.2, 0.25) is 11.6 Å². The summed E-state index contributed by atoms with van der Waals surface area (Å²) in [6, 6.07) is 0. The van der Waals surface area contributed by atoms with Crippen LogP contribution in [0.3, 0.4) is 0 Å². The average molecular weight is 397 g/mol. The van der Waals surface area contributed by atoms with Crippen molar-refractivity contribution in [2.45, 2.75) is 94.7 Å². The highest BCUT2D eigenvalue weighted by Crippen LogP contribution is 2.64. The van der Waals surface area contributed by atoms with Gasteiger partial charge in [-0.25, -0.2) is 0 Å². The summed E-state index contributed by atoms with van der Waals surface area (Å²) in [4.78, 5) is 25.6. The minimum atomic E-state index is -0.908. The molecule has 2 aliphatic carbocycles. The van der Waals surface area contributed by atoms with Gasteiger partial charge in [-0.1, -0.05) is 83.1 Å². The molecular weight excluding hydrogens is 352 g/mol. The molecule has 2 saturated carbocycles. The predicted molar refractivity (Wildman–Crippen MR) is 111 cm³/mol. The lowest BCUT2D eigenvalue weighted by Crippen LogP contribution is -2.72. The number of hydrogen-bond acceptors (Lipinski definition) is 4. The Hall–Kier alpha value is -0.160. The van der Waals surface area contributed by atoms with Crippen LogP contribution in [0.5, 0.6) is 0 Å². The van der Waals surface area contributed by atoms with Crippen molar-refractivity contribution in [3.8, 4) is 0 Å². The molecule has 3 aliphatic rings. The standard InChI is InChI=1S/C24H44O4/c1-13-15(3)19(7)23(21(9,10)17(13)5)25-27-24(28-26-23)20(8)16(4)14(2)18(6)22(24,11)12/h13-20H,1-12H3. The first kappa shape index (κ1) is 22.5. The van der Waals surface area contributed by atoms with Crippen molar-refractivity contribution in [2.75, 3.05) is 0 Å². The molecule has 1 aliphatic heterocycles. The van der Waals surface area contributed by atoms with E-state index in [0.29, 0.717) is 35.5 Å². The molecule has 0 aromatic carbocycles. The van der Waals surface area contributed by atoms with Gasteiger partial charge in [0.25, 0.3) is 0 Å². The Bertz CT molecular complexity index is 537. The highest BCUT2D eigenvalue weighted by atomic mass is 17.4. The van der Waals surface area contributed by atoms with Crippen LogP contribution in [0.4, 0.5) is 0 Å². The van der Waals surface area contributed by atoms with E-state index in [2.05, 4.69) is 83.1 Å². The first-order valence-electron chi connectivity index (χ1n) is 11.4. The Morgan fingerprint density at radius 2 is 0.607 bits per heavy atom. The monoisotopic (exact) mass is 396 g/mol. The third kappa shape index (κ3) is 2.50. The van der Waals surface area contributed by atoms with Crippen LogP contribution in [0.1, 0.15) is 83.1 Å². The van der Waals surface area contributed by atoms with E-state index in [4.69, 9.17) is 19.6 Å². The number of rotatable bonds is 0. The summed E-state index contributed by atoms with van der Waals surface area (Å²) in [7, 11) is 0. The summed E-state index contributed by atoms with van der Waals surface area (Å²) >= 11 is 0. The van der Waals surface area contributed by atoms with Gasteiger partial charge in [0.15, 0.2) is 0 Å². The molecule has 0 aromatic rings. The van der Waals surface area contributed by atoms with Gasteiger partial charge in [0.1, 0.15) is 0 Å². The van der Waals surface area contributed by atoms with Crippen LogP contribution in [0.25, 0.3) is 0 Å². The zero-order chi connectivity index (χ0) is 21.4. The van der Waals surface area contributed by atoms with E-state index in [0.717, 1.165) is 0 Å². The third-order valence-corrected chi connectivity index (χ3v) is 10.7. The molecule has 3 fully saturated rings. The summed E-state index contributed by atoms with van der Waals surface area (Å²) in [6.07, 6.45) is 0. The molecule has 1 saturated heterocycles. The lowest BCUT2D eigenvalue weighted by Gasteiger charge is -2.65. The lowest BCUT2D eigenvalue weighted by atomic mass is 9.53. The fourth-order valence-electron chi connectivity index (χ4n) is 6.64. The van der Waals surface area contributed by atoms with Gasteiger partial charge >= 0.3 is 0 Å². The van der Waals surface area contributed by atoms with Crippen molar-refractivity contribution in [2.24, 2.45) is 58.2 Å². The molecule has 0 N–H and O–H groups in total. The molecule has 3 rings (SSSR count). The second kappa shape index (κ2) is 6.67. The SMILES string of the molecule is CC1C(C)C(C)C2(OOC3(OO2)C(C)C(C)C(C)C(C)C3(C)C)C(C)(C)C1C. The van der Waals surface area contributed by atoms with Crippen molar-refractivity contribution in [3.63, 3.8) is 0 Å². The molecule has 0 radical (unpaired) electrons. The molecule has 2 spiro atoms. The maximum Gasteiger partial charge on any atom is 0.242 e. The zero-order valence-electron chi connectivity index (χ0n) is 20.3. The summed E-state index contributed by atoms with van der Waals surface area (Å²) in [5.41, 5.74) is -0.487. The summed E-state index contributed by atoms with van der Waals surface area (Å²) < 4.78 is 0. The molecule has 0 bridgehead atoms.